The van der Waals surface area contributed by atoms with Gasteiger partial charge < -0.3 is 5.11 Å². The molecule has 0 unspecified atom stereocenters. The topological polar surface area (TPSA) is 97.1 Å². The highest BCUT2D eigenvalue weighted by molar-refractivity contribution is 5.76. The molecular weight excluding hydrogens is 236 g/mol. The molecular formula is C11H12N4O3. The Morgan fingerprint density at radius 2 is 2.22 bits per heavy atom. The van der Waals surface area contributed by atoms with E-state index in [1.54, 1.807) is 24.3 Å². The van der Waals surface area contributed by atoms with Crippen LogP contribution < -0.4 is 10.9 Å². The Labute approximate surface area is 102 Å². The fraction of sp³-hybridized carbons (Fsp3) is 0.273. The standard InChI is InChI=1S/C11H12N4O3/c1-7(11(17)18)12-6-15-10(16)8-4-2-3-5-9(8)13-14-15/h2-5,7,12H,6H2,1H3,(H,17,18)/t7-/m1/s1. The third-order valence-corrected chi connectivity index (χ3v) is 2.55. The predicted molar refractivity (Wildman–Crippen MR) is 64.0 cm³/mol. The van der Waals surface area contributed by atoms with E-state index < -0.39 is 12.0 Å². The lowest BCUT2D eigenvalue weighted by Crippen LogP contribution is -2.39. The molecule has 0 radical (unpaired) electrons. The smallest absolute Gasteiger partial charge is 0.320 e. The van der Waals surface area contributed by atoms with Gasteiger partial charge in [-0.05, 0) is 19.1 Å². The van der Waals surface area contributed by atoms with Gasteiger partial charge in [-0.2, -0.15) is 4.68 Å². The van der Waals surface area contributed by atoms with E-state index in [1.165, 1.54) is 6.92 Å². The van der Waals surface area contributed by atoms with Crippen molar-refractivity contribution >= 4 is 16.9 Å². The number of rotatable bonds is 4. The van der Waals surface area contributed by atoms with E-state index in [0.29, 0.717) is 10.9 Å². The largest absolute Gasteiger partial charge is 0.480 e. The molecule has 1 aromatic heterocycles. The zero-order chi connectivity index (χ0) is 13.1. The van der Waals surface area contributed by atoms with Crippen molar-refractivity contribution in [3.8, 4) is 0 Å². The molecule has 18 heavy (non-hydrogen) atoms. The number of carbonyl (C=O) groups is 1. The van der Waals surface area contributed by atoms with Crippen LogP contribution in [0.5, 0.6) is 0 Å². The summed E-state index contributed by atoms with van der Waals surface area (Å²) in [7, 11) is 0. The summed E-state index contributed by atoms with van der Waals surface area (Å²) in [6.45, 7) is 1.49. The van der Waals surface area contributed by atoms with Crippen LogP contribution in [-0.2, 0) is 11.5 Å². The third-order valence-electron chi connectivity index (χ3n) is 2.55. The molecule has 2 aromatic rings. The van der Waals surface area contributed by atoms with Gasteiger partial charge in [0.25, 0.3) is 5.56 Å². The van der Waals surface area contributed by atoms with Crippen LogP contribution in [0.2, 0.25) is 0 Å². The van der Waals surface area contributed by atoms with Gasteiger partial charge in [-0.1, -0.05) is 17.3 Å². The van der Waals surface area contributed by atoms with Gasteiger partial charge in [-0.15, -0.1) is 5.10 Å². The minimum absolute atomic E-state index is 0.00410. The van der Waals surface area contributed by atoms with Gasteiger partial charge in [-0.25, -0.2) is 0 Å². The summed E-state index contributed by atoms with van der Waals surface area (Å²) < 4.78 is 1.10. The van der Waals surface area contributed by atoms with Crippen LogP contribution in [-0.4, -0.2) is 32.1 Å². The minimum Gasteiger partial charge on any atom is -0.480 e. The molecule has 94 valence electrons. The Bertz CT molecular complexity index is 637. The normalized spacial score (nSPS) is 12.5. The summed E-state index contributed by atoms with van der Waals surface area (Å²) in [4.78, 5) is 22.6. The second kappa shape index (κ2) is 4.92. The molecule has 2 N–H and O–H groups in total. The molecule has 0 aliphatic rings. The van der Waals surface area contributed by atoms with E-state index in [2.05, 4.69) is 15.6 Å². The van der Waals surface area contributed by atoms with Gasteiger partial charge >= 0.3 is 5.97 Å². The van der Waals surface area contributed by atoms with E-state index in [1.807, 2.05) is 0 Å². The number of hydrogen-bond acceptors (Lipinski definition) is 5. The molecule has 7 nitrogen and oxygen atoms in total. The molecule has 0 aliphatic carbocycles. The van der Waals surface area contributed by atoms with Crippen molar-refractivity contribution in [1.29, 1.82) is 0 Å². The van der Waals surface area contributed by atoms with Gasteiger partial charge in [0, 0.05) is 0 Å². The summed E-state index contributed by atoms with van der Waals surface area (Å²) in [6.07, 6.45) is 0. The van der Waals surface area contributed by atoms with Crippen LogP contribution in [0.15, 0.2) is 29.1 Å². The summed E-state index contributed by atoms with van der Waals surface area (Å²) in [5.74, 6) is -0.989. The maximum atomic E-state index is 12.0. The zero-order valence-corrected chi connectivity index (χ0v) is 9.70. The predicted octanol–water partition coefficient (Wildman–Crippen LogP) is -0.188. The van der Waals surface area contributed by atoms with Crippen molar-refractivity contribution in [2.75, 3.05) is 0 Å². The molecule has 0 saturated heterocycles. The average Bonchev–Trinajstić information content (AvgIpc) is 2.38. The highest BCUT2D eigenvalue weighted by Crippen LogP contribution is 2.02. The van der Waals surface area contributed by atoms with Crippen molar-refractivity contribution in [3.05, 3.63) is 34.6 Å². The number of fused-ring (bicyclic) bond motifs is 1. The Balaban J connectivity index is 2.27. The lowest BCUT2D eigenvalue weighted by Gasteiger charge is -2.09. The van der Waals surface area contributed by atoms with Crippen LogP contribution in [0.4, 0.5) is 0 Å². The fourth-order valence-electron chi connectivity index (χ4n) is 1.44. The number of hydrogen-bond donors (Lipinski definition) is 2. The second-order valence-electron chi connectivity index (χ2n) is 3.83. The molecule has 1 aromatic carbocycles. The van der Waals surface area contributed by atoms with Crippen LogP contribution in [0, 0.1) is 0 Å². The first-order chi connectivity index (χ1) is 8.59. The molecule has 0 saturated carbocycles. The fourth-order valence-corrected chi connectivity index (χ4v) is 1.44. The van der Waals surface area contributed by atoms with Gasteiger partial charge in [0.15, 0.2) is 0 Å². The van der Waals surface area contributed by atoms with Gasteiger partial charge in [0.05, 0.1) is 12.1 Å². The first kappa shape index (κ1) is 12.2. The van der Waals surface area contributed by atoms with Crippen LogP contribution >= 0.6 is 0 Å². The molecule has 7 heteroatoms. The minimum atomic E-state index is -0.989. The monoisotopic (exact) mass is 248 g/mol. The number of nitrogens with one attached hydrogen (secondary N) is 1. The van der Waals surface area contributed by atoms with E-state index in [9.17, 15) is 9.59 Å². The van der Waals surface area contributed by atoms with E-state index >= 15 is 0 Å². The third kappa shape index (κ3) is 2.35. The maximum absolute atomic E-state index is 12.0. The van der Waals surface area contributed by atoms with Crippen LogP contribution in [0.3, 0.4) is 0 Å². The first-order valence-electron chi connectivity index (χ1n) is 5.38. The lowest BCUT2D eigenvalue weighted by molar-refractivity contribution is -0.139. The number of aromatic nitrogens is 3. The van der Waals surface area contributed by atoms with Crippen LogP contribution in [0.25, 0.3) is 10.9 Å². The maximum Gasteiger partial charge on any atom is 0.320 e. The number of aliphatic carboxylic acids is 1. The lowest BCUT2D eigenvalue weighted by atomic mass is 10.2. The van der Waals surface area contributed by atoms with E-state index in [4.69, 9.17) is 5.11 Å². The Hall–Kier alpha value is -2.28. The number of carboxylic acid groups (broad SMARTS) is 1. The number of nitrogens with zero attached hydrogens (tertiary/aromatic N) is 3. The SMILES string of the molecule is C[C@@H](NCn1nnc2ccccc2c1=O)C(=O)O. The first-order valence-corrected chi connectivity index (χ1v) is 5.38. The van der Waals surface area contributed by atoms with Crippen molar-refractivity contribution in [2.24, 2.45) is 0 Å². The Kier molecular flexibility index (Phi) is 3.33. The number of carboxylic acids is 1. The van der Waals surface area contributed by atoms with Gasteiger partial charge in [0.1, 0.15) is 11.6 Å². The summed E-state index contributed by atoms with van der Waals surface area (Å²) >= 11 is 0. The molecule has 0 amide bonds. The number of benzene rings is 1. The van der Waals surface area contributed by atoms with Crippen LogP contribution in [0.1, 0.15) is 6.92 Å². The molecule has 0 bridgehead atoms. The summed E-state index contributed by atoms with van der Waals surface area (Å²) in [6, 6.07) is 6.10. The molecule has 0 aliphatic heterocycles. The van der Waals surface area contributed by atoms with Gasteiger partial charge in [0.2, 0.25) is 0 Å². The summed E-state index contributed by atoms with van der Waals surface area (Å²) in [5.41, 5.74) is 0.218. The molecule has 0 spiro atoms. The van der Waals surface area contributed by atoms with Crippen molar-refractivity contribution in [2.45, 2.75) is 19.6 Å². The van der Waals surface area contributed by atoms with Crippen molar-refractivity contribution < 1.29 is 9.90 Å². The molecule has 1 heterocycles. The zero-order valence-electron chi connectivity index (χ0n) is 9.70. The summed E-state index contributed by atoms with van der Waals surface area (Å²) in [5, 5.41) is 19.5. The highest BCUT2D eigenvalue weighted by atomic mass is 16.4. The van der Waals surface area contributed by atoms with Gasteiger partial charge in [-0.3, -0.25) is 14.9 Å². The van der Waals surface area contributed by atoms with Crippen molar-refractivity contribution in [3.63, 3.8) is 0 Å². The van der Waals surface area contributed by atoms with Crippen molar-refractivity contribution in [1.82, 2.24) is 20.3 Å². The highest BCUT2D eigenvalue weighted by Gasteiger charge is 2.11. The Morgan fingerprint density at radius 3 is 2.94 bits per heavy atom. The molecule has 1 atom stereocenters. The second-order valence-corrected chi connectivity index (χ2v) is 3.83. The molecule has 0 fully saturated rings. The average molecular weight is 248 g/mol. The molecule has 2 rings (SSSR count). The van der Waals surface area contributed by atoms with E-state index in [0.717, 1.165) is 4.68 Å². The van der Waals surface area contributed by atoms with E-state index in [-0.39, 0.29) is 12.2 Å². The quantitative estimate of drug-likeness (QED) is 0.778. The Morgan fingerprint density at radius 1 is 1.50 bits per heavy atom.